The van der Waals surface area contributed by atoms with Gasteiger partial charge in [0.05, 0.1) is 6.61 Å². The lowest BCUT2D eigenvalue weighted by atomic mass is 10.1. The van der Waals surface area contributed by atoms with Gasteiger partial charge in [-0.3, -0.25) is 0 Å². The van der Waals surface area contributed by atoms with Gasteiger partial charge in [-0.1, -0.05) is 12.1 Å². The van der Waals surface area contributed by atoms with E-state index in [4.69, 9.17) is 4.74 Å². The van der Waals surface area contributed by atoms with Gasteiger partial charge < -0.3 is 14.8 Å². The number of nitrogens with one attached hydrogen (secondary N) is 1. The third-order valence-electron chi connectivity index (χ3n) is 3.25. The maximum atomic E-state index is 12.0. The molecule has 0 saturated heterocycles. The molecule has 1 aliphatic rings. The van der Waals surface area contributed by atoms with Crippen molar-refractivity contribution in [2.45, 2.75) is 32.0 Å². The fraction of sp³-hybridized carbons (Fsp3) is 0.571. The summed E-state index contributed by atoms with van der Waals surface area (Å²) in [4.78, 5) is 0. The molecule has 1 unspecified atom stereocenters. The minimum Gasteiger partial charge on any atom is -0.435 e. The van der Waals surface area contributed by atoms with Crippen LogP contribution in [-0.4, -0.2) is 26.4 Å². The Morgan fingerprint density at radius 1 is 1.26 bits per heavy atom. The smallest absolute Gasteiger partial charge is 0.387 e. The topological polar surface area (TPSA) is 30.5 Å². The van der Waals surface area contributed by atoms with Crippen molar-refractivity contribution < 1.29 is 18.3 Å². The van der Waals surface area contributed by atoms with Crippen molar-refractivity contribution in [3.05, 3.63) is 29.8 Å². The Morgan fingerprint density at radius 3 is 2.47 bits per heavy atom. The largest absolute Gasteiger partial charge is 0.435 e. The first-order valence-electron chi connectivity index (χ1n) is 6.45. The molecule has 0 heterocycles. The first kappa shape index (κ1) is 14.2. The van der Waals surface area contributed by atoms with E-state index in [0.29, 0.717) is 25.1 Å². The first-order chi connectivity index (χ1) is 9.19. The standard InChI is InChI=1S/C14H19F2NO2/c1-18-9-13(11-4-5-11)17-8-10-2-6-12(7-3-10)19-14(15)16/h2-3,6-7,11,13-14,17H,4-5,8-9H2,1H3. The number of hydrogen-bond donors (Lipinski definition) is 1. The van der Waals surface area contributed by atoms with E-state index < -0.39 is 6.61 Å². The van der Waals surface area contributed by atoms with E-state index in [1.165, 1.54) is 12.8 Å². The molecule has 0 radical (unpaired) electrons. The second-order valence-electron chi connectivity index (χ2n) is 4.80. The first-order valence-corrected chi connectivity index (χ1v) is 6.45. The summed E-state index contributed by atoms with van der Waals surface area (Å²) in [6.07, 6.45) is 2.50. The molecule has 0 aromatic heterocycles. The molecular weight excluding hydrogens is 252 g/mol. The third kappa shape index (κ3) is 4.76. The average molecular weight is 271 g/mol. The zero-order chi connectivity index (χ0) is 13.7. The van der Waals surface area contributed by atoms with Crippen LogP contribution in [0.5, 0.6) is 5.75 Å². The van der Waals surface area contributed by atoms with Crippen LogP contribution in [0.25, 0.3) is 0 Å². The highest BCUT2D eigenvalue weighted by Crippen LogP contribution is 2.32. The van der Waals surface area contributed by atoms with Crippen LogP contribution in [-0.2, 0) is 11.3 Å². The number of halogens is 2. The second kappa shape index (κ2) is 6.82. The monoisotopic (exact) mass is 271 g/mol. The summed E-state index contributed by atoms with van der Waals surface area (Å²) in [7, 11) is 1.70. The summed E-state index contributed by atoms with van der Waals surface area (Å²) in [6, 6.07) is 7.09. The van der Waals surface area contributed by atoms with Crippen molar-refractivity contribution in [1.82, 2.24) is 5.32 Å². The van der Waals surface area contributed by atoms with Crippen molar-refractivity contribution >= 4 is 0 Å². The van der Waals surface area contributed by atoms with Crippen LogP contribution in [0.15, 0.2) is 24.3 Å². The van der Waals surface area contributed by atoms with Crippen molar-refractivity contribution in [2.75, 3.05) is 13.7 Å². The summed E-state index contributed by atoms with van der Waals surface area (Å²) < 4.78 is 33.5. The Hall–Kier alpha value is -1.20. The number of methoxy groups -OCH3 is 1. The molecule has 1 aromatic rings. The predicted octanol–water partition coefficient (Wildman–Crippen LogP) is 2.80. The maximum Gasteiger partial charge on any atom is 0.387 e. The van der Waals surface area contributed by atoms with E-state index >= 15 is 0 Å². The van der Waals surface area contributed by atoms with E-state index in [1.54, 1.807) is 31.4 Å². The SMILES string of the molecule is COCC(NCc1ccc(OC(F)F)cc1)C1CC1. The molecule has 19 heavy (non-hydrogen) atoms. The molecule has 0 spiro atoms. The quantitative estimate of drug-likeness (QED) is 0.788. The van der Waals surface area contributed by atoms with Crippen molar-refractivity contribution in [1.29, 1.82) is 0 Å². The number of ether oxygens (including phenoxy) is 2. The van der Waals surface area contributed by atoms with E-state index in [9.17, 15) is 8.78 Å². The molecule has 5 heteroatoms. The van der Waals surface area contributed by atoms with Crippen LogP contribution in [0.2, 0.25) is 0 Å². The van der Waals surface area contributed by atoms with Crippen LogP contribution >= 0.6 is 0 Å². The molecule has 1 N–H and O–H groups in total. The average Bonchev–Trinajstić information content (AvgIpc) is 3.20. The molecule has 2 rings (SSSR count). The van der Waals surface area contributed by atoms with Gasteiger partial charge >= 0.3 is 6.61 Å². The molecule has 106 valence electrons. The molecule has 3 nitrogen and oxygen atoms in total. The van der Waals surface area contributed by atoms with Gasteiger partial charge in [-0.15, -0.1) is 0 Å². The van der Waals surface area contributed by atoms with Gasteiger partial charge in [0.15, 0.2) is 0 Å². The van der Waals surface area contributed by atoms with Crippen LogP contribution in [0.3, 0.4) is 0 Å². The van der Waals surface area contributed by atoms with Crippen LogP contribution in [0.4, 0.5) is 8.78 Å². The van der Waals surface area contributed by atoms with E-state index in [-0.39, 0.29) is 5.75 Å². The fourth-order valence-electron chi connectivity index (χ4n) is 2.08. The summed E-state index contributed by atoms with van der Waals surface area (Å²) >= 11 is 0. The second-order valence-corrected chi connectivity index (χ2v) is 4.80. The van der Waals surface area contributed by atoms with Gasteiger partial charge in [-0.05, 0) is 36.5 Å². The molecule has 0 aliphatic heterocycles. The molecule has 1 fully saturated rings. The molecule has 1 atom stereocenters. The summed E-state index contributed by atoms with van der Waals surface area (Å²) in [5, 5.41) is 3.45. The van der Waals surface area contributed by atoms with Crippen LogP contribution < -0.4 is 10.1 Å². The Balaban J connectivity index is 1.81. The lowest BCUT2D eigenvalue weighted by molar-refractivity contribution is -0.0498. The Bertz CT molecular complexity index is 380. The minimum atomic E-state index is -2.77. The van der Waals surface area contributed by atoms with Gasteiger partial charge in [0.25, 0.3) is 0 Å². The molecular formula is C14H19F2NO2. The van der Waals surface area contributed by atoms with Crippen molar-refractivity contribution in [3.8, 4) is 5.75 Å². The molecule has 1 saturated carbocycles. The summed E-state index contributed by atoms with van der Waals surface area (Å²) in [6.45, 7) is -1.36. The third-order valence-corrected chi connectivity index (χ3v) is 3.25. The highest BCUT2D eigenvalue weighted by Gasteiger charge is 2.30. The van der Waals surface area contributed by atoms with E-state index in [1.807, 2.05) is 0 Å². The minimum absolute atomic E-state index is 0.189. The predicted molar refractivity (Wildman–Crippen MR) is 68.3 cm³/mol. The van der Waals surface area contributed by atoms with Gasteiger partial charge in [0, 0.05) is 19.7 Å². The molecule has 1 aliphatic carbocycles. The zero-order valence-corrected chi connectivity index (χ0v) is 10.9. The van der Waals surface area contributed by atoms with Gasteiger partial charge in [0.1, 0.15) is 5.75 Å². The number of hydrogen-bond acceptors (Lipinski definition) is 3. The highest BCUT2D eigenvalue weighted by molar-refractivity contribution is 5.27. The molecule has 0 bridgehead atoms. The fourth-order valence-corrected chi connectivity index (χ4v) is 2.08. The van der Waals surface area contributed by atoms with Crippen LogP contribution in [0.1, 0.15) is 18.4 Å². The van der Waals surface area contributed by atoms with Gasteiger partial charge in [-0.2, -0.15) is 8.78 Å². The van der Waals surface area contributed by atoms with Crippen LogP contribution in [0, 0.1) is 5.92 Å². The van der Waals surface area contributed by atoms with Crippen molar-refractivity contribution in [3.63, 3.8) is 0 Å². The molecule has 0 amide bonds. The zero-order valence-electron chi connectivity index (χ0n) is 10.9. The lowest BCUT2D eigenvalue weighted by Crippen LogP contribution is -2.34. The Labute approximate surface area is 111 Å². The van der Waals surface area contributed by atoms with Crippen molar-refractivity contribution in [2.24, 2.45) is 5.92 Å². The summed E-state index contributed by atoms with van der Waals surface area (Å²) in [5.74, 6) is 0.899. The van der Waals surface area contributed by atoms with Gasteiger partial charge in [0.2, 0.25) is 0 Å². The summed E-state index contributed by atoms with van der Waals surface area (Å²) in [5.41, 5.74) is 1.04. The normalized spacial score (nSPS) is 16.6. The van der Waals surface area contributed by atoms with Gasteiger partial charge in [-0.25, -0.2) is 0 Å². The Kier molecular flexibility index (Phi) is 5.10. The van der Waals surface area contributed by atoms with E-state index in [2.05, 4.69) is 10.1 Å². The number of alkyl halides is 2. The Morgan fingerprint density at radius 2 is 1.95 bits per heavy atom. The highest BCUT2D eigenvalue weighted by atomic mass is 19.3. The number of benzene rings is 1. The maximum absolute atomic E-state index is 12.0. The number of rotatable bonds is 8. The molecule has 1 aromatic carbocycles. The lowest BCUT2D eigenvalue weighted by Gasteiger charge is -2.17. The van der Waals surface area contributed by atoms with E-state index in [0.717, 1.165) is 5.56 Å².